The number of hydrogen-bond acceptors (Lipinski definition) is 5. The number of aromatic amines is 1. The topological polar surface area (TPSA) is 64.4 Å². The molecule has 27 heavy (non-hydrogen) atoms. The van der Waals surface area contributed by atoms with E-state index < -0.39 is 0 Å². The van der Waals surface area contributed by atoms with Crippen molar-refractivity contribution in [2.75, 3.05) is 13.7 Å². The van der Waals surface area contributed by atoms with E-state index in [-0.39, 0.29) is 0 Å². The summed E-state index contributed by atoms with van der Waals surface area (Å²) in [5.41, 5.74) is 2.99. The number of rotatable bonds is 7. The van der Waals surface area contributed by atoms with Crippen molar-refractivity contribution in [1.82, 2.24) is 14.9 Å². The Morgan fingerprint density at radius 2 is 1.96 bits per heavy atom. The minimum Gasteiger partial charge on any atom is -0.493 e. The predicted molar refractivity (Wildman–Crippen MR) is 109 cm³/mol. The molecule has 0 aliphatic carbocycles. The first kappa shape index (κ1) is 18.8. The summed E-state index contributed by atoms with van der Waals surface area (Å²) in [6.07, 6.45) is 2.65. The third-order valence-electron chi connectivity index (χ3n) is 3.93. The average Bonchev–Trinajstić information content (AvgIpc) is 3.06. The first-order chi connectivity index (χ1) is 13.1. The molecule has 0 saturated heterocycles. The first-order valence-corrected chi connectivity index (χ1v) is 9.13. The zero-order chi connectivity index (χ0) is 19.2. The van der Waals surface area contributed by atoms with E-state index in [4.69, 9.17) is 21.7 Å². The summed E-state index contributed by atoms with van der Waals surface area (Å²) in [5.74, 6) is 2.05. The van der Waals surface area contributed by atoms with Crippen molar-refractivity contribution in [2.45, 2.75) is 20.3 Å². The molecule has 0 aliphatic heterocycles. The van der Waals surface area contributed by atoms with Gasteiger partial charge in [-0.3, -0.25) is 0 Å². The molecule has 0 spiro atoms. The minimum absolute atomic E-state index is 0.427. The lowest BCUT2D eigenvalue weighted by molar-refractivity contribution is 0.294. The summed E-state index contributed by atoms with van der Waals surface area (Å²) in [5, 5.41) is 11.6. The molecule has 0 radical (unpaired) electrons. The number of H-pyrrole nitrogens is 1. The molecule has 0 unspecified atom stereocenters. The third kappa shape index (κ3) is 4.43. The van der Waals surface area contributed by atoms with E-state index in [1.807, 2.05) is 49.4 Å². The van der Waals surface area contributed by atoms with Gasteiger partial charge in [0.2, 0.25) is 4.77 Å². The van der Waals surface area contributed by atoms with Gasteiger partial charge in [-0.1, -0.05) is 36.8 Å². The molecule has 3 rings (SSSR count). The van der Waals surface area contributed by atoms with Crippen LogP contribution in [0.5, 0.6) is 11.5 Å². The maximum atomic E-state index is 5.68. The molecule has 3 aromatic rings. The largest absolute Gasteiger partial charge is 0.493 e. The van der Waals surface area contributed by atoms with Crippen molar-refractivity contribution in [2.24, 2.45) is 5.10 Å². The number of methoxy groups -OCH3 is 1. The van der Waals surface area contributed by atoms with Crippen molar-refractivity contribution in [3.8, 4) is 22.9 Å². The van der Waals surface area contributed by atoms with Gasteiger partial charge in [-0.05, 0) is 49.3 Å². The number of aryl methyl sites for hydroxylation is 1. The van der Waals surface area contributed by atoms with E-state index in [1.54, 1.807) is 18.0 Å². The van der Waals surface area contributed by atoms with Crippen LogP contribution in [0, 0.1) is 11.7 Å². The van der Waals surface area contributed by atoms with E-state index in [0.717, 1.165) is 23.3 Å². The number of nitrogens with zero attached hydrogens (tertiary/aromatic N) is 3. The molecule has 0 bridgehead atoms. The molecule has 7 heteroatoms. The third-order valence-corrected chi connectivity index (χ3v) is 4.20. The van der Waals surface area contributed by atoms with Crippen LogP contribution in [0.2, 0.25) is 0 Å². The van der Waals surface area contributed by atoms with E-state index in [0.29, 0.717) is 23.0 Å². The summed E-state index contributed by atoms with van der Waals surface area (Å²) in [6, 6.07) is 13.7. The van der Waals surface area contributed by atoms with Gasteiger partial charge in [-0.25, -0.2) is 5.10 Å². The molecule has 0 saturated carbocycles. The zero-order valence-corrected chi connectivity index (χ0v) is 16.4. The second-order valence-corrected chi connectivity index (χ2v) is 6.42. The standard InChI is InChI=1S/C20H22N4O2S/c1-4-11-26-17-10-7-15(12-18(17)25-3)13-21-24-19(22-23-20(24)27)16-8-5-14(2)6-9-16/h5-10,12-13H,4,11H2,1-3H3,(H,23,27)/b21-13-. The van der Waals surface area contributed by atoms with Crippen LogP contribution < -0.4 is 9.47 Å². The lowest BCUT2D eigenvalue weighted by Gasteiger charge is -2.10. The molecule has 1 N–H and O–H groups in total. The van der Waals surface area contributed by atoms with Crippen LogP contribution >= 0.6 is 12.2 Å². The summed E-state index contributed by atoms with van der Waals surface area (Å²) in [7, 11) is 1.62. The van der Waals surface area contributed by atoms with Crippen molar-refractivity contribution in [3.05, 3.63) is 58.4 Å². The highest BCUT2D eigenvalue weighted by molar-refractivity contribution is 7.71. The summed E-state index contributed by atoms with van der Waals surface area (Å²) in [4.78, 5) is 0. The molecule has 0 amide bonds. The molecule has 1 heterocycles. The van der Waals surface area contributed by atoms with Gasteiger partial charge in [0, 0.05) is 5.56 Å². The van der Waals surface area contributed by atoms with E-state index in [2.05, 4.69) is 22.2 Å². The monoisotopic (exact) mass is 382 g/mol. The van der Waals surface area contributed by atoms with Gasteiger partial charge < -0.3 is 9.47 Å². The van der Waals surface area contributed by atoms with E-state index in [1.165, 1.54) is 5.56 Å². The predicted octanol–water partition coefficient (Wildman–Crippen LogP) is 4.60. The molecule has 0 aliphatic rings. The Bertz CT molecular complexity index is 990. The van der Waals surface area contributed by atoms with Crippen molar-refractivity contribution in [1.29, 1.82) is 0 Å². The second kappa shape index (κ2) is 8.64. The smallest absolute Gasteiger partial charge is 0.216 e. The molecule has 2 aromatic carbocycles. The summed E-state index contributed by atoms with van der Waals surface area (Å²) in [6.45, 7) is 4.75. The Labute approximate surface area is 163 Å². The van der Waals surface area contributed by atoms with Gasteiger partial charge in [0.1, 0.15) is 0 Å². The van der Waals surface area contributed by atoms with Gasteiger partial charge in [0.15, 0.2) is 17.3 Å². The SMILES string of the molecule is CCCOc1ccc(/C=N\n2c(-c3ccc(C)cc3)n[nH]c2=S)cc1OC. The van der Waals surface area contributed by atoms with Crippen LogP contribution in [0.3, 0.4) is 0 Å². The summed E-state index contributed by atoms with van der Waals surface area (Å²) >= 11 is 5.32. The van der Waals surface area contributed by atoms with Gasteiger partial charge in [-0.2, -0.15) is 14.9 Å². The van der Waals surface area contributed by atoms with Crippen LogP contribution in [-0.2, 0) is 0 Å². The maximum Gasteiger partial charge on any atom is 0.216 e. The number of nitrogens with one attached hydrogen (secondary N) is 1. The fraction of sp³-hybridized carbons (Fsp3) is 0.250. The van der Waals surface area contributed by atoms with Crippen molar-refractivity contribution >= 4 is 18.4 Å². The van der Waals surface area contributed by atoms with Gasteiger partial charge in [0.05, 0.1) is 19.9 Å². The highest BCUT2D eigenvalue weighted by Crippen LogP contribution is 2.27. The molecule has 140 valence electrons. The van der Waals surface area contributed by atoms with Crippen LogP contribution in [0.1, 0.15) is 24.5 Å². The fourth-order valence-electron chi connectivity index (χ4n) is 2.51. The Kier molecular flexibility index (Phi) is 6.03. The molecular formula is C20H22N4O2S. The van der Waals surface area contributed by atoms with Gasteiger partial charge >= 0.3 is 0 Å². The van der Waals surface area contributed by atoms with E-state index in [9.17, 15) is 0 Å². The Hall–Kier alpha value is -2.93. The summed E-state index contributed by atoms with van der Waals surface area (Å²) < 4.78 is 13.1. The Balaban J connectivity index is 1.89. The second-order valence-electron chi connectivity index (χ2n) is 6.03. The highest BCUT2D eigenvalue weighted by atomic mass is 32.1. The molecular weight excluding hydrogens is 360 g/mol. The van der Waals surface area contributed by atoms with Crippen molar-refractivity contribution < 1.29 is 9.47 Å². The average molecular weight is 382 g/mol. The number of ether oxygens (including phenoxy) is 2. The van der Waals surface area contributed by atoms with Crippen LogP contribution in [0.15, 0.2) is 47.6 Å². The van der Waals surface area contributed by atoms with Gasteiger partial charge in [-0.15, -0.1) is 0 Å². The lowest BCUT2D eigenvalue weighted by atomic mass is 10.1. The van der Waals surface area contributed by atoms with Crippen LogP contribution in [0.4, 0.5) is 0 Å². The number of benzene rings is 2. The van der Waals surface area contributed by atoms with Gasteiger partial charge in [0.25, 0.3) is 0 Å². The normalized spacial score (nSPS) is 11.1. The quantitative estimate of drug-likeness (QED) is 0.479. The molecule has 0 fully saturated rings. The number of hydrogen-bond donors (Lipinski definition) is 1. The zero-order valence-electron chi connectivity index (χ0n) is 15.6. The molecule has 6 nitrogen and oxygen atoms in total. The highest BCUT2D eigenvalue weighted by Gasteiger charge is 2.08. The van der Waals surface area contributed by atoms with Crippen molar-refractivity contribution in [3.63, 3.8) is 0 Å². The molecule has 0 atom stereocenters. The maximum absolute atomic E-state index is 5.68. The minimum atomic E-state index is 0.427. The van der Waals surface area contributed by atoms with Crippen LogP contribution in [-0.4, -0.2) is 34.8 Å². The number of aromatic nitrogens is 3. The Morgan fingerprint density at radius 1 is 1.19 bits per heavy atom. The Morgan fingerprint density at radius 3 is 2.67 bits per heavy atom. The first-order valence-electron chi connectivity index (χ1n) is 8.72. The van der Waals surface area contributed by atoms with Crippen LogP contribution in [0.25, 0.3) is 11.4 Å². The van der Waals surface area contributed by atoms with E-state index >= 15 is 0 Å². The molecule has 1 aromatic heterocycles. The lowest BCUT2D eigenvalue weighted by Crippen LogP contribution is -1.99. The fourth-order valence-corrected chi connectivity index (χ4v) is 2.69.